The number of fused-ring (bicyclic) bond motifs is 1. The van der Waals surface area contributed by atoms with E-state index in [1.807, 2.05) is 0 Å². The Kier molecular flexibility index (Phi) is 8.69. The lowest BCUT2D eigenvalue weighted by molar-refractivity contribution is -0.123. The predicted octanol–water partition coefficient (Wildman–Crippen LogP) is 3.43. The highest BCUT2D eigenvalue weighted by Crippen LogP contribution is 2.44. The molecule has 40 heavy (non-hydrogen) atoms. The highest BCUT2D eigenvalue weighted by Gasteiger charge is 2.24. The highest BCUT2D eigenvalue weighted by atomic mass is 16.5. The smallest absolute Gasteiger partial charge is 0.277 e. The average Bonchev–Trinajstić information content (AvgIpc) is 2.99. The number of methoxy groups -OCH3 is 5. The Bertz CT molecular complexity index is 1580. The molecule has 0 aliphatic rings. The standard InChI is InChI=1S/C28H27N3O9/c1-34-18-12-19(35-2)24-20(13-18)40-26(16-10-21(36-3)27(38-5)22(11-16)37-4)28(25(24)33)39-15-23(32)31-30-14-17-8-6-7-9-29-17/h6-14H,15H2,1-5H3,(H,31,32)/b30-14+. The van der Waals surface area contributed by atoms with Gasteiger partial charge < -0.3 is 32.8 Å². The van der Waals surface area contributed by atoms with Crippen LogP contribution < -0.4 is 39.3 Å². The fraction of sp³-hybridized carbons (Fsp3) is 0.214. The zero-order valence-corrected chi connectivity index (χ0v) is 22.5. The molecule has 1 amide bonds. The summed E-state index contributed by atoms with van der Waals surface area (Å²) in [5, 5.41) is 3.97. The molecule has 208 valence electrons. The second-order valence-electron chi connectivity index (χ2n) is 8.04. The normalized spacial score (nSPS) is 10.8. The first-order valence-electron chi connectivity index (χ1n) is 11.8. The van der Waals surface area contributed by atoms with Gasteiger partial charge in [-0.3, -0.25) is 14.6 Å². The molecular formula is C28H27N3O9. The van der Waals surface area contributed by atoms with Gasteiger partial charge in [0.05, 0.1) is 47.5 Å². The quantitative estimate of drug-likeness (QED) is 0.219. The number of pyridine rings is 1. The summed E-state index contributed by atoms with van der Waals surface area (Å²) in [5.74, 6) is 0.727. The minimum atomic E-state index is -0.621. The van der Waals surface area contributed by atoms with Crippen LogP contribution >= 0.6 is 0 Å². The fourth-order valence-corrected chi connectivity index (χ4v) is 3.85. The van der Waals surface area contributed by atoms with Crippen molar-refractivity contribution in [1.29, 1.82) is 0 Å². The van der Waals surface area contributed by atoms with Crippen molar-refractivity contribution in [2.24, 2.45) is 5.10 Å². The number of hydrogen-bond donors (Lipinski definition) is 1. The van der Waals surface area contributed by atoms with E-state index in [9.17, 15) is 9.59 Å². The van der Waals surface area contributed by atoms with E-state index in [-0.39, 0.29) is 28.2 Å². The van der Waals surface area contributed by atoms with Gasteiger partial charge in [-0.15, -0.1) is 0 Å². The van der Waals surface area contributed by atoms with Crippen molar-refractivity contribution in [2.45, 2.75) is 0 Å². The minimum absolute atomic E-state index is 0.0110. The van der Waals surface area contributed by atoms with Gasteiger partial charge in [-0.1, -0.05) is 6.07 Å². The van der Waals surface area contributed by atoms with Crippen molar-refractivity contribution < 1.29 is 37.6 Å². The maximum absolute atomic E-state index is 13.8. The van der Waals surface area contributed by atoms with Gasteiger partial charge in [0.25, 0.3) is 5.91 Å². The van der Waals surface area contributed by atoms with Gasteiger partial charge in [-0.2, -0.15) is 5.10 Å². The van der Waals surface area contributed by atoms with Crippen molar-refractivity contribution in [3.8, 4) is 45.8 Å². The van der Waals surface area contributed by atoms with Crippen LogP contribution in [0.15, 0.2) is 63.0 Å². The highest BCUT2D eigenvalue weighted by molar-refractivity contribution is 5.89. The van der Waals surface area contributed by atoms with Gasteiger partial charge in [0, 0.05) is 23.9 Å². The van der Waals surface area contributed by atoms with Gasteiger partial charge in [0.2, 0.25) is 16.9 Å². The van der Waals surface area contributed by atoms with Crippen LogP contribution in [0.4, 0.5) is 0 Å². The van der Waals surface area contributed by atoms with Crippen LogP contribution in [0.5, 0.6) is 34.5 Å². The Morgan fingerprint density at radius 3 is 2.25 bits per heavy atom. The average molecular weight is 550 g/mol. The van der Waals surface area contributed by atoms with Crippen LogP contribution in [-0.4, -0.2) is 59.3 Å². The number of hydrazone groups is 1. The van der Waals surface area contributed by atoms with Gasteiger partial charge in [-0.25, -0.2) is 5.43 Å². The third-order valence-electron chi connectivity index (χ3n) is 5.70. The summed E-state index contributed by atoms with van der Waals surface area (Å²) in [5.41, 5.74) is 2.84. The Hall–Kier alpha value is -5.26. The van der Waals surface area contributed by atoms with E-state index < -0.39 is 17.9 Å². The first kappa shape index (κ1) is 27.8. The summed E-state index contributed by atoms with van der Waals surface area (Å²) in [7, 11) is 7.28. The lowest BCUT2D eigenvalue weighted by atomic mass is 10.1. The second kappa shape index (κ2) is 12.5. The molecule has 4 rings (SSSR count). The number of hydrogen-bond acceptors (Lipinski definition) is 11. The summed E-state index contributed by atoms with van der Waals surface area (Å²) in [6, 6.07) is 11.5. The van der Waals surface area contributed by atoms with E-state index in [1.165, 1.54) is 41.8 Å². The molecule has 0 spiro atoms. The summed E-state index contributed by atoms with van der Waals surface area (Å²) < 4.78 is 39.0. The molecule has 0 unspecified atom stereocenters. The zero-order valence-electron chi connectivity index (χ0n) is 22.5. The molecule has 2 heterocycles. The van der Waals surface area contributed by atoms with E-state index in [1.54, 1.807) is 48.7 Å². The van der Waals surface area contributed by atoms with Crippen LogP contribution in [0.2, 0.25) is 0 Å². The van der Waals surface area contributed by atoms with Gasteiger partial charge >= 0.3 is 0 Å². The van der Waals surface area contributed by atoms with E-state index in [4.69, 9.17) is 32.8 Å². The molecule has 0 saturated carbocycles. The van der Waals surface area contributed by atoms with Crippen molar-refractivity contribution in [3.05, 3.63) is 64.6 Å². The molecule has 2 aromatic carbocycles. The number of carbonyl (C=O) groups excluding carboxylic acids is 1. The van der Waals surface area contributed by atoms with Crippen molar-refractivity contribution in [2.75, 3.05) is 42.2 Å². The zero-order chi connectivity index (χ0) is 28.6. The van der Waals surface area contributed by atoms with Crippen LogP contribution in [0.3, 0.4) is 0 Å². The maximum Gasteiger partial charge on any atom is 0.277 e. The fourth-order valence-electron chi connectivity index (χ4n) is 3.85. The summed E-state index contributed by atoms with van der Waals surface area (Å²) >= 11 is 0. The van der Waals surface area contributed by atoms with Crippen LogP contribution in [-0.2, 0) is 4.79 Å². The summed E-state index contributed by atoms with van der Waals surface area (Å²) in [6.45, 7) is -0.550. The molecular weight excluding hydrogens is 522 g/mol. The molecule has 0 saturated heterocycles. The monoisotopic (exact) mass is 549 g/mol. The minimum Gasteiger partial charge on any atom is -0.496 e. The van der Waals surface area contributed by atoms with E-state index in [2.05, 4.69) is 15.5 Å². The Morgan fingerprint density at radius 1 is 0.925 bits per heavy atom. The molecule has 0 radical (unpaired) electrons. The summed E-state index contributed by atoms with van der Waals surface area (Å²) in [4.78, 5) is 30.4. The molecule has 0 aliphatic heterocycles. The first-order valence-corrected chi connectivity index (χ1v) is 11.8. The van der Waals surface area contributed by atoms with Crippen molar-refractivity contribution in [3.63, 3.8) is 0 Å². The van der Waals surface area contributed by atoms with Gasteiger partial charge in [0.15, 0.2) is 23.9 Å². The van der Waals surface area contributed by atoms with Crippen LogP contribution in [0, 0.1) is 0 Å². The lowest BCUT2D eigenvalue weighted by Gasteiger charge is -2.16. The Balaban J connectivity index is 1.80. The number of nitrogens with one attached hydrogen (secondary N) is 1. The second-order valence-corrected chi connectivity index (χ2v) is 8.04. The van der Waals surface area contributed by atoms with Crippen LogP contribution in [0.25, 0.3) is 22.3 Å². The number of amides is 1. The SMILES string of the molecule is COc1cc(OC)c2c(=O)c(OCC(=O)N/N=C/c3ccccn3)c(-c3cc(OC)c(OC)c(OC)c3)oc2c1. The van der Waals surface area contributed by atoms with E-state index in [0.29, 0.717) is 34.3 Å². The first-order chi connectivity index (χ1) is 19.4. The summed E-state index contributed by atoms with van der Waals surface area (Å²) in [6.07, 6.45) is 2.97. The Morgan fingerprint density at radius 2 is 1.65 bits per heavy atom. The van der Waals surface area contributed by atoms with E-state index in [0.717, 1.165) is 0 Å². The Labute approximate surface area is 229 Å². The van der Waals surface area contributed by atoms with Crippen molar-refractivity contribution >= 4 is 23.1 Å². The number of benzene rings is 2. The number of nitrogens with zero attached hydrogens (tertiary/aromatic N) is 2. The number of aromatic nitrogens is 1. The molecule has 12 heteroatoms. The number of ether oxygens (including phenoxy) is 6. The molecule has 2 aromatic heterocycles. The lowest BCUT2D eigenvalue weighted by Crippen LogP contribution is -2.26. The third kappa shape index (κ3) is 5.75. The molecule has 0 bridgehead atoms. The maximum atomic E-state index is 13.8. The van der Waals surface area contributed by atoms with Crippen LogP contribution in [0.1, 0.15) is 5.69 Å². The van der Waals surface area contributed by atoms with Gasteiger partial charge in [0.1, 0.15) is 22.5 Å². The van der Waals surface area contributed by atoms with Crippen molar-refractivity contribution in [1.82, 2.24) is 10.4 Å². The predicted molar refractivity (Wildman–Crippen MR) is 146 cm³/mol. The number of rotatable bonds is 11. The largest absolute Gasteiger partial charge is 0.496 e. The van der Waals surface area contributed by atoms with E-state index >= 15 is 0 Å². The molecule has 0 atom stereocenters. The molecule has 0 fully saturated rings. The molecule has 0 aliphatic carbocycles. The molecule has 4 aromatic rings. The third-order valence-corrected chi connectivity index (χ3v) is 5.70. The number of carbonyl (C=O) groups is 1. The van der Waals surface area contributed by atoms with Gasteiger partial charge in [-0.05, 0) is 24.3 Å². The molecule has 12 nitrogen and oxygen atoms in total. The topological polar surface area (TPSA) is 140 Å². The molecule has 1 N–H and O–H groups in total.